The average molecular weight is 309 g/mol. The van der Waals surface area contributed by atoms with Gasteiger partial charge in [0.1, 0.15) is 0 Å². The van der Waals surface area contributed by atoms with Gasteiger partial charge in [-0.1, -0.05) is 6.07 Å². The molecule has 0 amide bonds. The Balaban J connectivity index is 2.07. The van der Waals surface area contributed by atoms with Crippen LogP contribution in [0, 0.1) is 0 Å². The largest absolute Gasteiger partial charge is 0.493 e. The lowest BCUT2D eigenvalue weighted by molar-refractivity contribution is 0.129. The molecule has 0 atom stereocenters. The Morgan fingerprint density at radius 1 is 0.909 bits per heavy atom. The molecule has 0 saturated carbocycles. The number of benzene rings is 1. The molecule has 124 valence electrons. The first-order valence-electron chi connectivity index (χ1n) is 7.66. The van der Waals surface area contributed by atoms with Gasteiger partial charge in [0.2, 0.25) is 5.75 Å². The molecule has 6 nitrogen and oxygen atoms in total. The summed E-state index contributed by atoms with van der Waals surface area (Å²) in [5.74, 6) is 2.10. The molecule has 0 unspecified atom stereocenters. The monoisotopic (exact) mass is 309 g/mol. The zero-order chi connectivity index (χ0) is 15.9. The van der Waals surface area contributed by atoms with Crippen molar-refractivity contribution in [3.05, 3.63) is 17.7 Å². The summed E-state index contributed by atoms with van der Waals surface area (Å²) < 4.78 is 16.3. The van der Waals surface area contributed by atoms with Crippen LogP contribution in [0.3, 0.4) is 0 Å². The molecule has 0 bridgehead atoms. The Morgan fingerprint density at radius 2 is 1.55 bits per heavy atom. The Hall–Kier alpha value is -1.50. The summed E-state index contributed by atoms with van der Waals surface area (Å²) in [5, 5.41) is 0. The zero-order valence-electron chi connectivity index (χ0n) is 13.8. The van der Waals surface area contributed by atoms with Crippen molar-refractivity contribution in [2.45, 2.75) is 6.54 Å². The Kier molecular flexibility index (Phi) is 6.30. The molecule has 1 aromatic rings. The zero-order valence-corrected chi connectivity index (χ0v) is 13.8. The second kappa shape index (κ2) is 8.22. The highest BCUT2D eigenvalue weighted by atomic mass is 16.5. The van der Waals surface area contributed by atoms with Crippen molar-refractivity contribution in [2.75, 3.05) is 60.6 Å². The van der Waals surface area contributed by atoms with Crippen molar-refractivity contribution < 1.29 is 14.2 Å². The van der Waals surface area contributed by atoms with Gasteiger partial charge in [-0.05, 0) is 6.07 Å². The second-order valence-corrected chi connectivity index (χ2v) is 5.40. The van der Waals surface area contributed by atoms with Crippen LogP contribution >= 0.6 is 0 Å². The minimum absolute atomic E-state index is 0.657. The third kappa shape index (κ3) is 3.82. The van der Waals surface area contributed by atoms with Gasteiger partial charge in [-0.3, -0.25) is 9.80 Å². The quantitative estimate of drug-likeness (QED) is 0.803. The molecule has 6 heteroatoms. The predicted octanol–water partition coefficient (Wildman–Crippen LogP) is 0.789. The van der Waals surface area contributed by atoms with Gasteiger partial charge in [-0.25, -0.2) is 0 Å². The summed E-state index contributed by atoms with van der Waals surface area (Å²) in [5.41, 5.74) is 6.74. The fourth-order valence-electron chi connectivity index (χ4n) is 2.88. The normalized spacial score (nSPS) is 16.5. The van der Waals surface area contributed by atoms with Crippen molar-refractivity contribution in [1.82, 2.24) is 9.80 Å². The van der Waals surface area contributed by atoms with Crippen LogP contribution in [0.1, 0.15) is 5.56 Å². The van der Waals surface area contributed by atoms with E-state index in [1.807, 2.05) is 12.1 Å². The lowest BCUT2D eigenvalue weighted by Gasteiger charge is -2.34. The lowest BCUT2D eigenvalue weighted by atomic mass is 10.1. The molecule has 1 fully saturated rings. The van der Waals surface area contributed by atoms with Crippen LogP contribution in [0.5, 0.6) is 17.2 Å². The van der Waals surface area contributed by atoms with Crippen LogP contribution in [0.25, 0.3) is 0 Å². The molecule has 0 aliphatic carbocycles. The Morgan fingerprint density at radius 3 is 2.09 bits per heavy atom. The minimum Gasteiger partial charge on any atom is -0.493 e. The van der Waals surface area contributed by atoms with E-state index in [-0.39, 0.29) is 0 Å². The van der Waals surface area contributed by atoms with Crippen molar-refractivity contribution >= 4 is 0 Å². The summed E-state index contributed by atoms with van der Waals surface area (Å²) in [6.07, 6.45) is 0. The molecule has 1 saturated heterocycles. The van der Waals surface area contributed by atoms with Crippen LogP contribution in [0.15, 0.2) is 12.1 Å². The summed E-state index contributed by atoms with van der Waals surface area (Å²) >= 11 is 0. The summed E-state index contributed by atoms with van der Waals surface area (Å²) in [7, 11) is 4.93. The van der Waals surface area contributed by atoms with Gasteiger partial charge in [0.05, 0.1) is 21.3 Å². The van der Waals surface area contributed by atoms with Gasteiger partial charge in [-0.15, -0.1) is 0 Å². The first kappa shape index (κ1) is 16.9. The number of hydrogen-bond donors (Lipinski definition) is 1. The highest BCUT2D eigenvalue weighted by Crippen LogP contribution is 2.40. The van der Waals surface area contributed by atoms with Crippen molar-refractivity contribution in [2.24, 2.45) is 5.73 Å². The molecule has 2 N–H and O–H groups in total. The van der Waals surface area contributed by atoms with Crippen LogP contribution in [-0.2, 0) is 6.54 Å². The Bertz CT molecular complexity index is 474. The van der Waals surface area contributed by atoms with Gasteiger partial charge in [0.15, 0.2) is 11.5 Å². The van der Waals surface area contributed by atoms with Gasteiger partial charge < -0.3 is 19.9 Å². The average Bonchev–Trinajstić information content (AvgIpc) is 2.56. The van der Waals surface area contributed by atoms with E-state index in [9.17, 15) is 0 Å². The molecule has 0 spiro atoms. The molecule has 0 radical (unpaired) electrons. The van der Waals surface area contributed by atoms with Crippen LogP contribution in [-0.4, -0.2) is 70.4 Å². The van der Waals surface area contributed by atoms with Gasteiger partial charge in [0, 0.05) is 51.4 Å². The summed E-state index contributed by atoms with van der Waals surface area (Å²) in [6.45, 7) is 6.76. The molecule has 1 aliphatic rings. The number of piperazine rings is 1. The first-order chi connectivity index (χ1) is 10.7. The maximum atomic E-state index is 5.62. The van der Waals surface area contributed by atoms with Crippen molar-refractivity contribution in [1.29, 1.82) is 0 Å². The third-order valence-corrected chi connectivity index (χ3v) is 4.09. The number of rotatable bonds is 7. The number of nitrogens with zero attached hydrogens (tertiary/aromatic N) is 2. The smallest absolute Gasteiger partial charge is 0.203 e. The molecule has 1 aliphatic heterocycles. The van der Waals surface area contributed by atoms with E-state index in [1.165, 1.54) is 0 Å². The van der Waals surface area contributed by atoms with Gasteiger partial charge in [0.25, 0.3) is 0 Å². The highest BCUT2D eigenvalue weighted by molar-refractivity contribution is 5.55. The fourth-order valence-corrected chi connectivity index (χ4v) is 2.88. The van der Waals surface area contributed by atoms with Crippen LogP contribution in [0.2, 0.25) is 0 Å². The van der Waals surface area contributed by atoms with Crippen LogP contribution in [0.4, 0.5) is 0 Å². The number of nitrogens with two attached hydrogens (primary N) is 1. The van der Waals surface area contributed by atoms with E-state index in [0.717, 1.165) is 57.1 Å². The molecular weight excluding hydrogens is 282 g/mol. The van der Waals surface area contributed by atoms with Gasteiger partial charge in [-0.2, -0.15) is 0 Å². The van der Waals surface area contributed by atoms with Crippen LogP contribution < -0.4 is 19.9 Å². The Labute approximate surface area is 132 Å². The molecule has 22 heavy (non-hydrogen) atoms. The SMILES string of the molecule is COc1ccc(CN2CCN(CCN)CC2)c(OC)c1OC. The topological polar surface area (TPSA) is 60.2 Å². The third-order valence-electron chi connectivity index (χ3n) is 4.09. The van der Waals surface area contributed by atoms with E-state index in [1.54, 1.807) is 21.3 Å². The maximum Gasteiger partial charge on any atom is 0.203 e. The molecule has 1 aromatic carbocycles. The van der Waals surface area contributed by atoms with Crippen molar-refractivity contribution in [3.63, 3.8) is 0 Å². The van der Waals surface area contributed by atoms with E-state index >= 15 is 0 Å². The minimum atomic E-state index is 0.657. The molecule has 2 rings (SSSR count). The van der Waals surface area contributed by atoms with Gasteiger partial charge >= 0.3 is 0 Å². The summed E-state index contributed by atoms with van der Waals surface area (Å²) in [4.78, 5) is 4.83. The van der Waals surface area contributed by atoms with E-state index in [4.69, 9.17) is 19.9 Å². The second-order valence-electron chi connectivity index (χ2n) is 5.40. The van der Waals surface area contributed by atoms with Crippen molar-refractivity contribution in [3.8, 4) is 17.2 Å². The standard InChI is InChI=1S/C16H27N3O3/c1-20-14-5-4-13(15(21-2)16(14)22-3)12-19-10-8-18(7-6-17)9-11-19/h4-5H,6-12,17H2,1-3H3. The maximum absolute atomic E-state index is 5.62. The molecule has 0 aromatic heterocycles. The predicted molar refractivity (Wildman–Crippen MR) is 86.9 cm³/mol. The highest BCUT2D eigenvalue weighted by Gasteiger charge is 2.20. The van der Waals surface area contributed by atoms with E-state index in [2.05, 4.69) is 9.80 Å². The number of methoxy groups -OCH3 is 3. The van der Waals surface area contributed by atoms with E-state index < -0.39 is 0 Å². The number of ether oxygens (including phenoxy) is 3. The molecular formula is C16H27N3O3. The fraction of sp³-hybridized carbons (Fsp3) is 0.625. The summed E-state index contributed by atoms with van der Waals surface area (Å²) in [6, 6.07) is 3.98. The van der Waals surface area contributed by atoms with E-state index in [0.29, 0.717) is 11.5 Å². The number of hydrogen-bond acceptors (Lipinski definition) is 6. The molecule has 1 heterocycles. The first-order valence-corrected chi connectivity index (χ1v) is 7.66. The lowest BCUT2D eigenvalue weighted by Crippen LogP contribution is -2.47.